The molecular weight excluding hydrogens is 372 g/mol. The lowest BCUT2D eigenvalue weighted by molar-refractivity contribution is 0.0976. The summed E-state index contributed by atoms with van der Waals surface area (Å²) in [6, 6.07) is 12.4. The highest BCUT2D eigenvalue weighted by Gasteiger charge is 2.09. The first-order chi connectivity index (χ1) is 12.5. The summed E-state index contributed by atoms with van der Waals surface area (Å²) in [5, 5.41) is 6.40. The van der Waals surface area contributed by atoms with Crippen LogP contribution in [0, 0.1) is 6.92 Å². The molecule has 1 amide bonds. The summed E-state index contributed by atoms with van der Waals surface area (Å²) in [7, 11) is 0. The summed E-state index contributed by atoms with van der Waals surface area (Å²) in [6.07, 6.45) is 0. The third kappa shape index (κ3) is 6.29. The van der Waals surface area contributed by atoms with Crippen molar-refractivity contribution in [2.45, 2.75) is 13.8 Å². The van der Waals surface area contributed by atoms with Gasteiger partial charge in [0.15, 0.2) is 5.11 Å². The highest BCUT2D eigenvalue weighted by molar-refractivity contribution is 7.80. The molecule has 5 nitrogen and oxygen atoms in total. The van der Waals surface area contributed by atoms with Crippen molar-refractivity contribution in [2.24, 2.45) is 0 Å². The van der Waals surface area contributed by atoms with Crippen LogP contribution < -0.4 is 15.4 Å². The van der Waals surface area contributed by atoms with E-state index in [-0.39, 0.29) is 11.0 Å². The number of carbonyl (C=O) groups excluding carboxylic acids is 1. The van der Waals surface area contributed by atoms with E-state index in [0.717, 1.165) is 5.56 Å². The molecule has 2 N–H and O–H groups in total. The lowest BCUT2D eigenvalue weighted by atomic mass is 10.2. The van der Waals surface area contributed by atoms with E-state index in [1.807, 2.05) is 26.0 Å². The third-order valence-corrected chi connectivity index (χ3v) is 4.06. The summed E-state index contributed by atoms with van der Waals surface area (Å²) in [6.45, 7) is 5.40. The van der Waals surface area contributed by atoms with Crippen LogP contribution in [-0.2, 0) is 4.74 Å². The van der Waals surface area contributed by atoms with Crippen molar-refractivity contribution in [3.05, 3.63) is 58.6 Å². The number of hydrogen-bond acceptors (Lipinski definition) is 4. The van der Waals surface area contributed by atoms with E-state index in [9.17, 15) is 4.79 Å². The minimum absolute atomic E-state index is 0.192. The molecular formula is C19H21ClN2O3S. The number of carbonyl (C=O) groups is 1. The number of amides is 1. The lowest BCUT2D eigenvalue weighted by Gasteiger charge is -2.11. The Morgan fingerprint density at radius 2 is 2.00 bits per heavy atom. The predicted octanol–water partition coefficient (Wildman–Crippen LogP) is 4.19. The van der Waals surface area contributed by atoms with Gasteiger partial charge in [-0.3, -0.25) is 10.1 Å². The van der Waals surface area contributed by atoms with E-state index in [0.29, 0.717) is 41.8 Å². The van der Waals surface area contributed by atoms with Gasteiger partial charge >= 0.3 is 0 Å². The molecule has 0 aliphatic heterocycles. The van der Waals surface area contributed by atoms with Crippen LogP contribution in [0.25, 0.3) is 0 Å². The Morgan fingerprint density at radius 3 is 2.73 bits per heavy atom. The van der Waals surface area contributed by atoms with E-state index >= 15 is 0 Å². The summed E-state index contributed by atoms with van der Waals surface area (Å²) in [5.74, 6) is 0.275. The number of benzene rings is 2. The number of halogens is 1. The number of hydrogen-bond donors (Lipinski definition) is 2. The maximum absolute atomic E-state index is 12.3. The number of ether oxygens (including phenoxy) is 2. The number of thiocarbonyl (C=S) groups is 1. The Balaban J connectivity index is 1.91. The first-order valence-electron chi connectivity index (χ1n) is 8.18. The van der Waals surface area contributed by atoms with Crippen molar-refractivity contribution in [3.8, 4) is 5.75 Å². The minimum atomic E-state index is -0.323. The normalized spacial score (nSPS) is 10.3. The molecule has 2 rings (SSSR count). The van der Waals surface area contributed by atoms with Gasteiger partial charge in [-0.25, -0.2) is 0 Å². The molecule has 0 aromatic heterocycles. The second kappa shape index (κ2) is 10.1. The molecule has 2 aromatic carbocycles. The molecule has 0 bridgehead atoms. The maximum atomic E-state index is 12.3. The average Bonchev–Trinajstić information content (AvgIpc) is 2.62. The highest BCUT2D eigenvalue weighted by Crippen LogP contribution is 2.20. The number of rotatable bonds is 7. The molecule has 0 radical (unpaired) electrons. The van der Waals surface area contributed by atoms with Crippen LogP contribution in [0.2, 0.25) is 5.02 Å². The van der Waals surface area contributed by atoms with Crippen LogP contribution in [0.3, 0.4) is 0 Å². The van der Waals surface area contributed by atoms with E-state index in [1.165, 1.54) is 0 Å². The molecule has 0 aliphatic rings. The van der Waals surface area contributed by atoms with Crippen molar-refractivity contribution >= 4 is 40.5 Å². The van der Waals surface area contributed by atoms with Gasteiger partial charge in [-0.2, -0.15) is 0 Å². The Kier molecular flexibility index (Phi) is 7.84. The van der Waals surface area contributed by atoms with Gasteiger partial charge in [0.05, 0.1) is 6.61 Å². The van der Waals surface area contributed by atoms with Crippen LogP contribution in [0.5, 0.6) is 5.75 Å². The summed E-state index contributed by atoms with van der Waals surface area (Å²) >= 11 is 11.3. The Labute approximate surface area is 163 Å². The largest absolute Gasteiger partial charge is 0.491 e. The number of anilines is 1. The molecule has 0 spiro atoms. The molecule has 0 aliphatic carbocycles. The molecule has 0 saturated carbocycles. The molecule has 2 aromatic rings. The Hall–Kier alpha value is -2.15. The van der Waals surface area contributed by atoms with Gasteiger partial charge in [0, 0.05) is 22.9 Å². The van der Waals surface area contributed by atoms with E-state index in [1.54, 1.807) is 30.3 Å². The average molecular weight is 393 g/mol. The molecule has 7 heteroatoms. The Morgan fingerprint density at radius 1 is 1.19 bits per heavy atom. The third-order valence-electron chi connectivity index (χ3n) is 3.45. The molecule has 26 heavy (non-hydrogen) atoms. The quantitative estimate of drug-likeness (QED) is 0.546. The summed E-state index contributed by atoms with van der Waals surface area (Å²) < 4.78 is 10.8. The first kappa shape index (κ1) is 20.2. The number of aryl methyl sites for hydroxylation is 1. The zero-order valence-electron chi connectivity index (χ0n) is 14.7. The van der Waals surface area contributed by atoms with Gasteiger partial charge in [-0.05, 0) is 62.0 Å². The van der Waals surface area contributed by atoms with Crippen LogP contribution in [-0.4, -0.2) is 30.8 Å². The van der Waals surface area contributed by atoms with Gasteiger partial charge in [-0.15, -0.1) is 0 Å². The zero-order chi connectivity index (χ0) is 18.9. The molecule has 0 atom stereocenters. The molecule has 0 fully saturated rings. The minimum Gasteiger partial charge on any atom is -0.491 e. The standard InChI is InChI=1S/C19H21ClN2O3S/c1-3-24-9-10-25-16-6-4-5-14(11-16)18(23)22-19(26)21-15-8-7-13(2)17(20)12-15/h4-8,11-12H,3,9-10H2,1-2H3,(H2,21,22,23,26). The van der Waals surface area contributed by atoms with Gasteiger partial charge < -0.3 is 14.8 Å². The van der Waals surface area contributed by atoms with Crippen LogP contribution in [0.1, 0.15) is 22.8 Å². The monoisotopic (exact) mass is 392 g/mol. The van der Waals surface area contributed by atoms with E-state index in [4.69, 9.17) is 33.3 Å². The second-order valence-corrected chi connectivity index (χ2v) is 6.26. The fourth-order valence-electron chi connectivity index (χ4n) is 2.10. The smallest absolute Gasteiger partial charge is 0.257 e. The van der Waals surface area contributed by atoms with Crippen molar-refractivity contribution in [3.63, 3.8) is 0 Å². The fraction of sp³-hybridized carbons (Fsp3) is 0.263. The topological polar surface area (TPSA) is 59.6 Å². The Bertz CT molecular complexity index is 783. The van der Waals surface area contributed by atoms with E-state index < -0.39 is 0 Å². The SMILES string of the molecule is CCOCCOc1cccc(C(=O)NC(=S)Nc2ccc(C)c(Cl)c2)c1. The zero-order valence-corrected chi connectivity index (χ0v) is 16.2. The van der Waals surface area contributed by atoms with Crippen LogP contribution in [0.15, 0.2) is 42.5 Å². The number of nitrogens with one attached hydrogen (secondary N) is 2. The van der Waals surface area contributed by atoms with Crippen LogP contribution in [0.4, 0.5) is 5.69 Å². The van der Waals surface area contributed by atoms with E-state index in [2.05, 4.69) is 10.6 Å². The summed E-state index contributed by atoms with van der Waals surface area (Å²) in [5.41, 5.74) is 2.12. The predicted molar refractivity (Wildman–Crippen MR) is 108 cm³/mol. The van der Waals surface area contributed by atoms with Crippen LogP contribution >= 0.6 is 23.8 Å². The maximum Gasteiger partial charge on any atom is 0.257 e. The second-order valence-electron chi connectivity index (χ2n) is 5.45. The van der Waals surface area contributed by atoms with Gasteiger partial charge in [-0.1, -0.05) is 23.7 Å². The fourth-order valence-corrected chi connectivity index (χ4v) is 2.49. The van der Waals surface area contributed by atoms with Gasteiger partial charge in [0.2, 0.25) is 0 Å². The molecule has 0 heterocycles. The van der Waals surface area contributed by atoms with Crippen molar-refractivity contribution in [1.29, 1.82) is 0 Å². The van der Waals surface area contributed by atoms with Crippen molar-refractivity contribution in [1.82, 2.24) is 5.32 Å². The van der Waals surface area contributed by atoms with Gasteiger partial charge in [0.25, 0.3) is 5.91 Å². The summed E-state index contributed by atoms with van der Waals surface area (Å²) in [4.78, 5) is 12.3. The molecule has 0 unspecified atom stereocenters. The first-order valence-corrected chi connectivity index (χ1v) is 8.97. The highest BCUT2D eigenvalue weighted by atomic mass is 35.5. The van der Waals surface area contributed by atoms with Gasteiger partial charge in [0.1, 0.15) is 12.4 Å². The lowest BCUT2D eigenvalue weighted by Crippen LogP contribution is -2.34. The molecule has 0 saturated heterocycles. The van der Waals surface area contributed by atoms with Crippen molar-refractivity contribution in [2.75, 3.05) is 25.1 Å². The molecule has 138 valence electrons. The van der Waals surface area contributed by atoms with Crippen molar-refractivity contribution < 1.29 is 14.3 Å².